The number of nitriles is 1. The minimum absolute atomic E-state index is 0.123. The maximum Gasteiger partial charge on any atom is 0.270 e. The van der Waals surface area contributed by atoms with Gasteiger partial charge in [0, 0.05) is 31.7 Å². The molecule has 8 heteroatoms. The molecule has 35 heavy (non-hydrogen) atoms. The first-order valence-corrected chi connectivity index (χ1v) is 13.3. The third kappa shape index (κ3) is 4.93. The van der Waals surface area contributed by atoms with Crippen LogP contribution in [-0.2, 0) is 17.8 Å². The lowest BCUT2D eigenvalue weighted by Crippen LogP contribution is -2.39. The Labute approximate surface area is 216 Å². The smallest absolute Gasteiger partial charge is 0.270 e. The number of amides is 1. The number of nitrogens with zero attached hydrogens (tertiary/aromatic N) is 4. The molecule has 4 rings (SSSR count). The Morgan fingerprint density at radius 2 is 1.83 bits per heavy atom. The Balaban J connectivity index is 1.72. The second kappa shape index (κ2) is 10.8. The molecule has 0 bridgehead atoms. The van der Waals surface area contributed by atoms with Crippen LogP contribution in [0.5, 0.6) is 0 Å². The fourth-order valence-corrected chi connectivity index (χ4v) is 6.34. The summed E-state index contributed by atoms with van der Waals surface area (Å²) in [6, 6.07) is 12.7. The number of aromatic nitrogens is 1. The molecule has 0 radical (unpaired) electrons. The van der Waals surface area contributed by atoms with E-state index in [-0.39, 0.29) is 17.0 Å². The van der Waals surface area contributed by atoms with Gasteiger partial charge in [0.15, 0.2) is 0 Å². The van der Waals surface area contributed by atoms with E-state index >= 15 is 0 Å². The first-order valence-electron chi connectivity index (χ1n) is 12.1. The summed E-state index contributed by atoms with van der Waals surface area (Å²) < 4.78 is 2.23. The van der Waals surface area contributed by atoms with Crippen LogP contribution in [0.15, 0.2) is 40.0 Å². The molecule has 2 aromatic rings. The molecule has 0 atom stereocenters. The zero-order valence-corrected chi connectivity index (χ0v) is 22.0. The monoisotopic (exact) mass is 506 g/mol. The quantitative estimate of drug-likeness (QED) is 0.417. The first-order chi connectivity index (χ1) is 16.9. The largest absolute Gasteiger partial charge is 0.357 e. The highest BCUT2D eigenvalue weighted by Gasteiger charge is 2.32. The molecule has 0 N–H and O–H groups in total. The van der Waals surface area contributed by atoms with E-state index < -0.39 is 0 Å². The number of anilines is 1. The highest BCUT2D eigenvalue weighted by atomic mass is 32.2. The second-order valence-corrected chi connectivity index (χ2v) is 10.6. The zero-order chi connectivity index (χ0) is 25.1. The van der Waals surface area contributed by atoms with Crippen LogP contribution >= 0.6 is 24.0 Å². The molecule has 1 amide bonds. The maximum absolute atomic E-state index is 13.2. The third-order valence-corrected chi connectivity index (χ3v) is 8.29. The lowest BCUT2D eigenvalue weighted by Gasteiger charge is -2.36. The fourth-order valence-electron chi connectivity index (χ4n) is 4.98. The van der Waals surface area contributed by atoms with Gasteiger partial charge < -0.3 is 4.90 Å². The van der Waals surface area contributed by atoms with E-state index in [1.165, 1.54) is 17.3 Å². The molecule has 3 heterocycles. The molecule has 2 saturated heterocycles. The average Bonchev–Trinajstić information content (AvgIpc) is 3.14. The molecule has 6 nitrogen and oxygen atoms in total. The van der Waals surface area contributed by atoms with Gasteiger partial charge in [-0.25, -0.2) is 0 Å². The van der Waals surface area contributed by atoms with E-state index in [1.54, 1.807) is 16.4 Å². The highest BCUT2D eigenvalue weighted by Crippen LogP contribution is 2.36. The van der Waals surface area contributed by atoms with Gasteiger partial charge in [-0.05, 0) is 63.2 Å². The van der Waals surface area contributed by atoms with Crippen LogP contribution in [-0.4, -0.2) is 39.3 Å². The standard InChI is InChI=1S/C27H30N4O2S2/c1-4-30-24(29-13-11-20(12-14-29)15-19-9-7-6-8-10-19)21(18(3)22(17-28)25(30)32)16-23-26(33)31(5-2)27(34)35-23/h6-10,16,20H,4-5,11-15H2,1-3H3. The molecule has 1 aromatic carbocycles. The Morgan fingerprint density at radius 3 is 2.40 bits per heavy atom. The van der Waals surface area contributed by atoms with E-state index in [4.69, 9.17) is 12.2 Å². The van der Waals surface area contributed by atoms with Crippen LogP contribution < -0.4 is 10.5 Å². The molecule has 0 saturated carbocycles. The minimum Gasteiger partial charge on any atom is -0.357 e. The van der Waals surface area contributed by atoms with Crippen LogP contribution in [0.2, 0.25) is 0 Å². The van der Waals surface area contributed by atoms with Gasteiger partial charge in [-0.1, -0.05) is 54.3 Å². The molecule has 0 aliphatic carbocycles. The van der Waals surface area contributed by atoms with Gasteiger partial charge in [-0.3, -0.25) is 19.1 Å². The predicted molar refractivity (Wildman–Crippen MR) is 146 cm³/mol. The van der Waals surface area contributed by atoms with Gasteiger partial charge in [0.1, 0.15) is 21.8 Å². The number of thiocarbonyl (C=S) groups is 1. The van der Waals surface area contributed by atoms with Crippen molar-refractivity contribution in [1.82, 2.24) is 9.47 Å². The van der Waals surface area contributed by atoms with Gasteiger partial charge in [-0.15, -0.1) is 0 Å². The lowest BCUT2D eigenvalue weighted by molar-refractivity contribution is -0.121. The number of carbonyl (C=O) groups is 1. The zero-order valence-electron chi connectivity index (χ0n) is 20.4. The molecule has 2 aliphatic heterocycles. The summed E-state index contributed by atoms with van der Waals surface area (Å²) in [4.78, 5) is 30.5. The van der Waals surface area contributed by atoms with Crippen molar-refractivity contribution in [2.24, 2.45) is 5.92 Å². The molecular weight excluding hydrogens is 476 g/mol. The summed E-state index contributed by atoms with van der Waals surface area (Å²) in [5, 5.41) is 9.76. The van der Waals surface area contributed by atoms with Crippen molar-refractivity contribution in [3.63, 3.8) is 0 Å². The van der Waals surface area contributed by atoms with Gasteiger partial charge in [-0.2, -0.15) is 5.26 Å². The molecule has 0 unspecified atom stereocenters. The number of hydrogen-bond donors (Lipinski definition) is 0. The van der Waals surface area contributed by atoms with Crippen LogP contribution in [0, 0.1) is 24.2 Å². The number of piperidine rings is 1. The Bertz CT molecular complexity index is 1270. The Morgan fingerprint density at radius 1 is 1.14 bits per heavy atom. The summed E-state index contributed by atoms with van der Waals surface area (Å²) in [6.07, 6.45) is 4.92. The van der Waals surface area contributed by atoms with Gasteiger partial charge >= 0.3 is 0 Å². The summed E-state index contributed by atoms with van der Waals surface area (Å²) in [5.74, 6) is 1.26. The van der Waals surface area contributed by atoms with Crippen molar-refractivity contribution < 1.29 is 4.79 Å². The van der Waals surface area contributed by atoms with E-state index in [2.05, 4.69) is 35.2 Å². The van der Waals surface area contributed by atoms with Crippen LogP contribution in [0.25, 0.3) is 6.08 Å². The summed E-state index contributed by atoms with van der Waals surface area (Å²) in [7, 11) is 0. The number of hydrogen-bond acceptors (Lipinski definition) is 6. The normalized spacial score (nSPS) is 17.9. The van der Waals surface area contributed by atoms with Crippen LogP contribution in [0.3, 0.4) is 0 Å². The van der Waals surface area contributed by atoms with Crippen molar-refractivity contribution in [2.75, 3.05) is 24.5 Å². The molecule has 2 aliphatic rings. The van der Waals surface area contributed by atoms with E-state index in [9.17, 15) is 14.9 Å². The topological polar surface area (TPSA) is 69.3 Å². The second-order valence-electron chi connectivity index (χ2n) is 8.94. The number of likely N-dealkylation sites (N-methyl/N-ethyl adjacent to an activating group) is 1. The number of carbonyl (C=O) groups excluding carboxylic acids is 1. The molecule has 0 spiro atoms. The SMILES string of the molecule is CCN1C(=O)C(=Cc2c(C)c(C#N)c(=O)n(CC)c2N2CCC(Cc3ccccc3)CC2)SC1=S. The van der Waals surface area contributed by atoms with Gasteiger partial charge in [0.05, 0.1) is 4.91 Å². The van der Waals surface area contributed by atoms with Crippen molar-refractivity contribution in [1.29, 1.82) is 5.26 Å². The fraction of sp³-hybridized carbons (Fsp3) is 0.407. The van der Waals surface area contributed by atoms with E-state index in [0.717, 1.165) is 43.7 Å². The number of pyridine rings is 1. The predicted octanol–water partition coefficient (Wildman–Crippen LogP) is 4.73. The molecule has 2 fully saturated rings. The highest BCUT2D eigenvalue weighted by molar-refractivity contribution is 8.26. The lowest BCUT2D eigenvalue weighted by atomic mass is 9.90. The van der Waals surface area contributed by atoms with E-state index in [0.29, 0.717) is 33.8 Å². The molecule has 182 valence electrons. The summed E-state index contributed by atoms with van der Waals surface area (Å²) in [5.41, 5.74) is 2.59. The number of rotatable bonds is 6. The van der Waals surface area contributed by atoms with E-state index in [1.807, 2.05) is 26.0 Å². The maximum atomic E-state index is 13.2. The molecular formula is C27H30N4O2S2. The van der Waals surface area contributed by atoms with Crippen LogP contribution in [0.4, 0.5) is 5.82 Å². The Hall–Kier alpha value is -2.89. The Kier molecular flexibility index (Phi) is 7.78. The van der Waals surface area contributed by atoms with Crippen LogP contribution in [0.1, 0.15) is 48.9 Å². The van der Waals surface area contributed by atoms with Crippen molar-refractivity contribution in [2.45, 2.75) is 46.6 Å². The average molecular weight is 507 g/mol. The first kappa shape index (κ1) is 25.2. The molecule has 1 aromatic heterocycles. The number of benzene rings is 1. The summed E-state index contributed by atoms with van der Waals surface area (Å²) in [6.45, 7) is 8.22. The number of thioether (sulfide) groups is 1. The van der Waals surface area contributed by atoms with Crippen molar-refractivity contribution >= 4 is 46.1 Å². The van der Waals surface area contributed by atoms with Gasteiger partial charge in [0.25, 0.3) is 11.5 Å². The van der Waals surface area contributed by atoms with Gasteiger partial charge in [0.2, 0.25) is 0 Å². The third-order valence-electron chi connectivity index (χ3n) is 6.91. The minimum atomic E-state index is -0.271. The van der Waals surface area contributed by atoms with Crippen molar-refractivity contribution in [3.8, 4) is 6.07 Å². The summed E-state index contributed by atoms with van der Waals surface area (Å²) >= 11 is 6.67. The van der Waals surface area contributed by atoms with Crippen molar-refractivity contribution in [3.05, 3.63) is 67.8 Å².